The Hall–Kier alpha value is -2.38. The van der Waals surface area contributed by atoms with E-state index in [1.807, 2.05) is 32.9 Å². The SMILES string of the molecule is CC(=O)[C@@]1(OC(=O)CNC(=O)c2ccc(C)c(N(CC(C)Cl)CC(C)Cl)c2)CC[C@H]2[C@@H]3CC(C)C4=CC(=O)CC[C@]4(C)[C@H]3CC[C@@]21C. The van der Waals surface area contributed by atoms with Crippen LogP contribution in [0, 0.1) is 41.4 Å². The van der Waals surface area contributed by atoms with Crippen molar-refractivity contribution in [3.63, 3.8) is 0 Å². The van der Waals surface area contributed by atoms with Crippen LogP contribution in [0.4, 0.5) is 5.69 Å². The molecule has 0 saturated heterocycles. The van der Waals surface area contributed by atoms with Crippen LogP contribution in [0.15, 0.2) is 29.8 Å². The largest absolute Gasteiger partial charge is 0.449 e. The molecule has 5 rings (SSSR count). The number of ether oxygens (including phenoxy) is 1. The number of allylic oxidation sites excluding steroid dienone is 1. The molecule has 0 aliphatic heterocycles. The molecule has 7 nitrogen and oxygen atoms in total. The number of esters is 1. The highest BCUT2D eigenvalue weighted by molar-refractivity contribution is 6.21. The van der Waals surface area contributed by atoms with Crippen LogP contribution in [0.5, 0.6) is 0 Å². The molecule has 0 aromatic heterocycles. The Kier molecular flexibility index (Phi) is 10.3. The lowest BCUT2D eigenvalue weighted by molar-refractivity contribution is -0.188. The monoisotopic (exact) mass is 686 g/mol. The number of hydrogen-bond donors (Lipinski definition) is 1. The third-order valence-electron chi connectivity index (χ3n) is 12.4. The summed E-state index contributed by atoms with van der Waals surface area (Å²) in [5.74, 6) is 0.527. The van der Waals surface area contributed by atoms with Gasteiger partial charge in [0.15, 0.2) is 17.2 Å². The van der Waals surface area contributed by atoms with Crippen LogP contribution >= 0.6 is 23.2 Å². The highest BCUT2D eigenvalue weighted by Crippen LogP contribution is 2.69. The van der Waals surface area contributed by atoms with Crippen LogP contribution in [0.1, 0.15) is 102 Å². The fourth-order valence-corrected chi connectivity index (χ4v) is 10.6. The van der Waals surface area contributed by atoms with Crippen molar-refractivity contribution in [2.75, 3.05) is 24.5 Å². The lowest BCUT2D eigenvalue weighted by atomic mass is 9.44. The molecule has 1 amide bonds. The maximum atomic E-state index is 13.5. The van der Waals surface area contributed by atoms with E-state index in [2.05, 4.69) is 31.0 Å². The topological polar surface area (TPSA) is 92.8 Å². The van der Waals surface area contributed by atoms with Crippen molar-refractivity contribution in [2.45, 2.75) is 110 Å². The van der Waals surface area contributed by atoms with Gasteiger partial charge in [-0.1, -0.05) is 32.4 Å². The standard InChI is InChI=1S/C38H52Cl2N2O5/c1-22-8-9-27(17-33(22)42(20-24(3)39)21-25(4)40)35(46)41-19-34(45)47-38(26(5)43)15-12-31-29-16-23(2)32-18-28(44)10-13-36(32,6)30(29)11-14-37(31,38)7/h8-9,17-18,23-25,29-31H,10-16,19-21H2,1-7H3,(H,41,46)/t23?,24?,25?,29-,30+,31+,36-,37+,38+/m1/s1. The zero-order valence-corrected chi connectivity index (χ0v) is 30.6. The van der Waals surface area contributed by atoms with Gasteiger partial charge < -0.3 is 15.0 Å². The lowest BCUT2D eigenvalue weighted by Gasteiger charge is -2.60. The van der Waals surface area contributed by atoms with Crippen molar-refractivity contribution in [1.29, 1.82) is 0 Å². The minimum absolute atomic E-state index is 0.00266. The minimum atomic E-state index is -1.22. The van der Waals surface area contributed by atoms with Crippen LogP contribution in [0.25, 0.3) is 0 Å². The number of benzene rings is 1. The number of nitrogens with zero attached hydrogens (tertiary/aromatic N) is 1. The van der Waals surface area contributed by atoms with Gasteiger partial charge >= 0.3 is 5.97 Å². The molecule has 0 spiro atoms. The van der Waals surface area contributed by atoms with Gasteiger partial charge in [0.05, 0.1) is 0 Å². The summed E-state index contributed by atoms with van der Waals surface area (Å²) in [6.07, 6.45) is 7.44. The summed E-state index contributed by atoms with van der Waals surface area (Å²) in [7, 11) is 0. The molecule has 47 heavy (non-hydrogen) atoms. The third kappa shape index (κ3) is 6.52. The van der Waals surface area contributed by atoms with Crippen molar-refractivity contribution in [3.05, 3.63) is 41.0 Å². The van der Waals surface area contributed by atoms with Gasteiger partial charge in [0.1, 0.15) is 6.54 Å². The van der Waals surface area contributed by atoms with E-state index in [4.69, 9.17) is 27.9 Å². The van der Waals surface area contributed by atoms with E-state index in [9.17, 15) is 19.2 Å². The Morgan fingerprint density at radius 1 is 1.04 bits per heavy atom. The molecule has 0 heterocycles. The first-order valence-electron chi connectivity index (χ1n) is 17.4. The summed E-state index contributed by atoms with van der Waals surface area (Å²) < 4.78 is 6.24. The van der Waals surface area contributed by atoms with Gasteiger partial charge in [0.2, 0.25) is 0 Å². The van der Waals surface area contributed by atoms with Crippen molar-refractivity contribution >= 4 is 52.3 Å². The second-order valence-electron chi connectivity index (χ2n) is 15.5. The van der Waals surface area contributed by atoms with Gasteiger partial charge in [0, 0.05) is 46.9 Å². The summed E-state index contributed by atoms with van der Waals surface area (Å²) in [6.45, 7) is 14.9. The molecule has 258 valence electrons. The first kappa shape index (κ1) is 35.9. The number of carbonyl (C=O) groups is 4. The maximum absolute atomic E-state index is 13.5. The Morgan fingerprint density at radius 3 is 2.34 bits per heavy atom. The number of nitrogens with one attached hydrogen (secondary N) is 1. The first-order valence-corrected chi connectivity index (χ1v) is 18.3. The molecule has 3 unspecified atom stereocenters. The summed E-state index contributed by atoms with van der Waals surface area (Å²) in [5, 5.41) is 2.51. The zero-order chi connectivity index (χ0) is 34.5. The molecule has 1 aromatic rings. The smallest absolute Gasteiger partial charge is 0.326 e. The highest BCUT2D eigenvalue weighted by atomic mass is 35.5. The van der Waals surface area contributed by atoms with E-state index in [0.717, 1.165) is 43.4 Å². The fraction of sp³-hybridized carbons (Fsp3) is 0.684. The number of halogens is 2. The van der Waals surface area contributed by atoms with Gasteiger partial charge in [-0.3, -0.25) is 19.2 Å². The number of Topliss-reactive ketones (excluding diaryl/α,β-unsaturated/α-hetero) is 1. The zero-order valence-electron chi connectivity index (χ0n) is 29.1. The summed E-state index contributed by atoms with van der Waals surface area (Å²) in [6, 6.07) is 5.42. The van der Waals surface area contributed by atoms with Crippen LogP contribution in [-0.4, -0.2) is 59.4 Å². The normalized spacial score (nSPS) is 34.2. The van der Waals surface area contributed by atoms with Gasteiger partial charge in [-0.2, -0.15) is 0 Å². The minimum Gasteiger partial charge on any atom is -0.449 e. The van der Waals surface area contributed by atoms with E-state index >= 15 is 0 Å². The molecule has 3 fully saturated rings. The molecular formula is C38H52Cl2N2O5. The van der Waals surface area contributed by atoms with Crippen LogP contribution in [0.2, 0.25) is 0 Å². The van der Waals surface area contributed by atoms with Crippen molar-refractivity contribution in [2.24, 2.45) is 34.5 Å². The van der Waals surface area contributed by atoms with Crippen molar-refractivity contribution in [1.82, 2.24) is 5.32 Å². The fourth-order valence-electron chi connectivity index (χ4n) is 10.3. The predicted octanol–water partition coefficient (Wildman–Crippen LogP) is 7.43. The number of ketones is 2. The number of anilines is 1. The van der Waals surface area contributed by atoms with Gasteiger partial charge in [-0.05, 0) is 119 Å². The molecule has 1 N–H and O–H groups in total. The Morgan fingerprint density at radius 2 is 1.70 bits per heavy atom. The molecular weight excluding hydrogens is 635 g/mol. The number of aryl methyl sites for hydroxylation is 1. The second-order valence-corrected chi connectivity index (χ2v) is 17.0. The number of rotatable bonds is 10. The maximum Gasteiger partial charge on any atom is 0.326 e. The first-order chi connectivity index (χ1) is 22.0. The third-order valence-corrected chi connectivity index (χ3v) is 12.7. The summed E-state index contributed by atoms with van der Waals surface area (Å²) in [4.78, 5) is 54.7. The van der Waals surface area contributed by atoms with Gasteiger partial charge in [-0.25, -0.2) is 0 Å². The number of alkyl halides is 2. The van der Waals surface area contributed by atoms with E-state index in [1.165, 1.54) is 5.57 Å². The molecule has 1 aromatic carbocycles. The number of hydrogen-bond acceptors (Lipinski definition) is 6. The molecule has 4 aliphatic rings. The number of carbonyl (C=O) groups excluding carboxylic acids is 4. The van der Waals surface area contributed by atoms with E-state index in [-0.39, 0.29) is 40.2 Å². The van der Waals surface area contributed by atoms with Crippen molar-refractivity contribution < 1.29 is 23.9 Å². The highest BCUT2D eigenvalue weighted by Gasteiger charge is 2.68. The molecule has 9 heteroatoms. The molecule has 0 radical (unpaired) electrons. The molecule has 3 saturated carbocycles. The van der Waals surface area contributed by atoms with E-state index in [1.54, 1.807) is 19.1 Å². The number of amides is 1. The Bertz CT molecular complexity index is 1450. The van der Waals surface area contributed by atoms with Crippen LogP contribution in [-0.2, 0) is 19.1 Å². The Balaban J connectivity index is 1.30. The molecule has 4 aliphatic carbocycles. The Labute approximate surface area is 290 Å². The van der Waals surface area contributed by atoms with E-state index < -0.39 is 22.9 Å². The molecule has 0 bridgehead atoms. The predicted molar refractivity (Wildman–Crippen MR) is 187 cm³/mol. The quantitative estimate of drug-likeness (QED) is 0.203. The summed E-state index contributed by atoms with van der Waals surface area (Å²) in [5.41, 5.74) is 1.87. The average molecular weight is 688 g/mol. The van der Waals surface area contributed by atoms with Gasteiger partial charge in [-0.15, -0.1) is 23.2 Å². The second kappa shape index (κ2) is 13.5. The van der Waals surface area contributed by atoms with Crippen LogP contribution < -0.4 is 10.2 Å². The average Bonchev–Trinajstić information content (AvgIpc) is 3.29. The summed E-state index contributed by atoms with van der Waals surface area (Å²) >= 11 is 12.7. The molecule has 9 atom stereocenters. The van der Waals surface area contributed by atoms with E-state index in [0.29, 0.717) is 49.2 Å². The number of fused-ring (bicyclic) bond motifs is 5. The lowest BCUT2D eigenvalue weighted by Crippen LogP contribution is -2.59. The van der Waals surface area contributed by atoms with Crippen LogP contribution in [0.3, 0.4) is 0 Å². The van der Waals surface area contributed by atoms with Gasteiger partial charge in [0.25, 0.3) is 5.91 Å². The van der Waals surface area contributed by atoms with Crippen molar-refractivity contribution in [3.8, 4) is 0 Å².